The molecule has 1 aromatic heterocycles. The molecule has 0 unspecified atom stereocenters. The number of oxazole rings is 1. The minimum absolute atomic E-state index is 0.422. The second-order valence-electron chi connectivity index (χ2n) is 2.41. The van der Waals surface area contributed by atoms with Crippen molar-refractivity contribution in [3.8, 4) is 11.3 Å². The molecule has 0 aliphatic heterocycles. The van der Waals surface area contributed by atoms with Gasteiger partial charge in [-0.05, 0) is 0 Å². The van der Waals surface area contributed by atoms with Crippen LogP contribution in [0.2, 0.25) is 0 Å². The molecule has 2 aromatic rings. The van der Waals surface area contributed by atoms with E-state index in [0.717, 1.165) is 5.56 Å². The summed E-state index contributed by atoms with van der Waals surface area (Å²) in [5, 5.41) is 0. The summed E-state index contributed by atoms with van der Waals surface area (Å²) in [6, 6.07) is 9.46. The highest BCUT2D eigenvalue weighted by Crippen LogP contribution is 2.15. The minimum Gasteiger partial charge on any atom is -0.408 e. The summed E-state index contributed by atoms with van der Waals surface area (Å²) in [5.74, 6) is 0.148. The third-order valence-corrected chi connectivity index (χ3v) is 1.58. The van der Waals surface area contributed by atoms with E-state index < -0.39 is 5.76 Å². The zero-order valence-electron chi connectivity index (χ0n) is 8.28. The van der Waals surface area contributed by atoms with E-state index in [1.54, 1.807) is 6.20 Å². The topological polar surface area (TPSA) is 46.0 Å². The molecule has 14 heavy (non-hydrogen) atoms. The van der Waals surface area contributed by atoms with E-state index in [1.807, 2.05) is 44.2 Å². The fourth-order valence-corrected chi connectivity index (χ4v) is 1.03. The van der Waals surface area contributed by atoms with Crippen molar-refractivity contribution < 1.29 is 4.42 Å². The predicted octanol–water partition coefficient (Wildman–Crippen LogP) is 2.66. The van der Waals surface area contributed by atoms with Crippen LogP contribution in [0.4, 0.5) is 0 Å². The van der Waals surface area contributed by atoms with E-state index in [2.05, 4.69) is 4.98 Å². The van der Waals surface area contributed by atoms with Gasteiger partial charge in [0.2, 0.25) is 0 Å². The molecule has 0 bridgehead atoms. The summed E-state index contributed by atoms with van der Waals surface area (Å²) in [7, 11) is 0. The molecule has 0 amide bonds. The summed E-state index contributed by atoms with van der Waals surface area (Å²) in [5.41, 5.74) is 0.899. The Labute approximate surface area is 82.4 Å². The monoisotopic (exact) mass is 191 g/mol. The van der Waals surface area contributed by atoms with Gasteiger partial charge in [0, 0.05) is 5.56 Å². The van der Waals surface area contributed by atoms with Crippen molar-refractivity contribution in [2.24, 2.45) is 0 Å². The molecule has 0 fully saturated rings. The molecule has 1 N–H and O–H groups in total. The van der Waals surface area contributed by atoms with E-state index in [-0.39, 0.29) is 0 Å². The van der Waals surface area contributed by atoms with Gasteiger partial charge < -0.3 is 4.42 Å². The minimum atomic E-state index is -0.422. The molecular formula is C11H13NO2. The first-order valence-electron chi connectivity index (χ1n) is 4.60. The van der Waals surface area contributed by atoms with Gasteiger partial charge in [-0.2, -0.15) is 0 Å². The highest BCUT2D eigenvalue weighted by Gasteiger charge is 1.99. The fourth-order valence-electron chi connectivity index (χ4n) is 1.03. The number of benzene rings is 1. The lowest BCUT2D eigenvalue weighted by atomic mass is 10.2. The first-order valence-corrected chi connectivity index (χ1v) is 4.60. The lowest BCUT2D eigenvalue weighted by molar-refractivity contribution is 0.528. The molecule has 2 rings (SSSR count). The van der Waals surface area contributed by atoms with Gasteiger partial charge in [0.15, 0.2) is 5.76 Å². The van der Waals surface area contributed by atoms with Crippen LogP contribution in [-0.4, -0.2) is 4.98 Å². The summed E-state index contributed by atoms with van der Waals surface area (Å²) in [4.78, 5) is 13.1. The SMILES string of the molecule is CC.O=c1[nH]cc(-c2ccccc2)o1. The van der Waals surface area contributed by atoms with Crippen molar-refractivity contribution in [1.82, 2.24) is 4.98 Å². The zero-order valence-corrected chi connectivity index (χ0v) is 8.28. The van der Waals surface area contributed by atoms with E-state index in [4.69, 9.17) is 4.42 Å². The van der Waals surface area contributed by atoms with Crippen LogP contribution in [0.5, 0.6) is 0 Å². The van der Waals surface area contributed by atoms with Crippen molar-refractivity contribution in [3.63, 3.8) is 0 Å². The van der Waals surface area contributed by atoms with E-state index in [9.17, 15) is 4.79 Å². The molecular weight excluding hydrogens is 178 g/mol. The van der Waals surface area contributed by atoms with Gasteiger partial charge in [-0.3, -0.25) is 4.98 Å². The predicted molar refractivity (Wildman–Crippen MR) is 56.1 cm³/mol. The zero-order chi connectivity index (χ0) is 10.4. The summed E-state index contributed by atoms with van der Waals surface area (Å²) < 4.78 is 4.86. The van der Waals surface area contributed by atoms with Crippen molar-refractivity contribution >= 4 is 0 Å². The number of hydrogen-bond acceptors (Lipinski definition) is 2. The van der Waals surface area contributed by atoms with Crippen LogP contribution < -0.4 is 5.76 Å². The maximum atomic E-state index is 10.6. The van der Waals surface area contributed by atoms with Crippen molar-refractivity contribution in [1.29, 1.82) is 0 Å². The Morgan fingerprint density at radius 2 is 1.79 bits per heavy atom. The highest BCUT2D eigenvalue weighted by atomic mass is 16.4. The smallest absolute Gasteiger partial charge is 0.408 e. The van der Waals surface area contributed by atoms with Crippen LogP contribution in [0.25, 0.3) is 11.3 Å². The summed E-state index contributed by atoms with van der Waals surface area (Å²) in [6.45, 7) is 4.00. The number of aromatic amines is 1. The lowest BCUT2D eigenvalue weighted by Crippen LogP contribution is -1.92. The van der Waals surface area contributed by atoms with Gasteiger partial charge in [0.25, 0.3) is 0 Å². The van der Waals surface area contributed by atoms with Crippen LogP contribution in [-0.2, 0) is 0 Å². The Morgan fingerprint density at radius 3 is 2.29 bits per heavy atom. The van der Waals surface area contributed by atoms with Crippen molar-refractivity contribution in [3.05, 3.63) is 47.1 Å². The van der Waals surface area contributed by atoms with Gasteiger partial charge in [-0.1, -0.05) is 44.2 Å². The van der Waals surface area contributed by atoms with Crippen LogP contribution in [0.3, 0.4) is 0 Å². The van der Waals surface area contributed by atoms with E-state index in [1.165, 1.54) is 0 Å². The van der Waals surface area contributed by atoms with Crippen LogP contribution >= 0.6 is 0 Å². The first-order chi connectivity index (χ1) is 6.86. The fraction of sp³-hybridized carbons (Fsp3) is 0.182. The Morgan fingerprint density at radius 1 is 1.14 bits per heavy atom. The largest absolute Gasteiger partial charge is 0.416 e. The molecule has 0 spiro atoms. The summed E-state index contributed by atoms with van der Waals surface area (Å²) >= 11 is 0. The number of rotatable bonds is 1. The van der Waals surface area contributed by atoms with Crippen molar-refractivity contribution in [2.45, 2.75) is 13.8 Å². The maximum Gasteiger partial charge on any atom is 0.416 e. The average molecular weight is 191 g/mol. The molecule has 1 heterocycles. The molecule has 0 radical (unpaired) electrons. The van der Waals surface area contributed by atoms with Crippen LogP contribution in [0.1, 0.15) is 13.8 Å². The summed E-state index contributed by atoms with van der Waals surface area (Å²) in [6.07, 6.45) is 1.55. The first kappa shape index (κ1) is 10.3. The third kappa shape index (κ3) is 2.36. The Hall–Kier alpha value is -1.77. The van der Waals surface area contributed by atoms with Gasteiger partial charge in [0.1, 0.15) is 0 Å². The Bertz CT molecular complexity index is 414. The van der Waals surface area contributed by atoms with Gasteiger partial charge in [-0.15, -0.1) is 0 Å². The Balaban J connectivity index is 0.000000461. The second kappa shape index (κ2) is 5.07. The molecule has 0 atom stereocenters. The molecule has 74 valence electrons. The highest BCUT2D eigenvalue weighted by molar-refractivity contribution is 5.55. The third-order valence-electron chi connectivity index (χ3n) is 1.58. The van der Waals surface area contributed by atoms with Crippen molar-refractivity contribution in [2.75, 3.05) is 0 Å². The molecule has 3 nitrogen and oxygen atoms in total. The second-order valence-corrected chi connectivity index (χ2v) is 2.41. The molecule has 1 aromatic carbocycles. The molecule has 0 saturated carbocycles. The normalized spacial score (nSPS) is 9.00. The van der Waals surface area contributed by atoms with E-state index >= 15 is 0 Å². The number of nitrogens with one attached hydrogen (secondary N) is 1. The van der Waals surface area contributed by atoms with Gasteiger partial charge >= 0.3 is 5.76 Å². The van der Waals surface area contributed by atoms with E-state index in [0.29, 0.717) is 5.76 Å². The quantitative estimate of drug-likeness (QED) is 0.753. The standard InChI is InChI=1S/C9H7NO2.C2H6/c11-9-10-6-8(12-9)7-4-2-1-3-5-7;1-2/h1-6H,(H,10,11);1-2H3. The number of hydrogen-bond donors (Lipinski definition) is 1. The maximum absolute atomic E-state index is 10.6. The lowest BCUT2D eigenvalue weighted by Gasteiger charge is -1.91. The number of aromatic nitrogens is 1. The molecule has 0 aliphatic rings. The van der Waals surface area contributed by atoms with Crippen LogP contribution in [0, 0.1) is 0 Å². The Kier molecular flexibility index (Phi) is 3.73. The van der Waals surface area contributed by atoms with Gasteiger partial charge in [0.05, 0.1) is 6.20 Å². The van der Waals surface area contributed by atoms with Crippen LogP contribution in [0.15, 0.2) is 45.7 Å². The molecule has 0 aliphatic carbocycles. The molecule has 0 saturated heterocycles. The van der Waals surface area contributed by atoms with Gasteiger partial charge in [-0.25, -0.2) is 4.79 Å². The molecule has 3 heteroatoms. The average Bonchev–Trinajstić information content (AvgIpc) is 2.69. The number of H-pyrrole nitrogens is 1.